The first kappa shape index (κ1) is 15.1. The molecule has 2 amide bonds. The number of carbonyl (C=O) groups is 2. The van der Waals surface area contributed by atoms with E-state index in [2.05, 4.69) is 4.98 Å². The van der Waals surface area contributed by atoms with Crippen LogP contribution in [0.25, 0.3) is 10.9 Å². The Morgan fingerprint density at radius 1 is 1.04 bits per heavy atom. The second-order valence-electron chi connectivity index (χ2n) is 5.86. The number of hydrogen-bond acceptors (Lipinski definition) is 4. The van der Waals surface area contributed by atoms with Crippen LogP contribution < -0.4 is 0 Å². The summed E-state index contributed by atoms with van der Waals surface area (Å²) in [6.07, 6.45) is 2.18. The molecule has 2 aromatic carbocycles. The molecule has 3 aromatic rings. The Morgan fingerprint density at radius 3 is 2.36 bits per heavy atom. The number of fused-ring (bicyclic) bond motifs is 2. The zero-order valence-corrected chi connectivity index (χ0v) is 13.1. The third-order valence-electron chi connectivity index (χ3n) is 4.44. The predicted molar refractivity (Wildman–Crippen MR) is 90.5 cm³/mol. The maximum atomic E-state index is 12.4. The number of aromatic amines is 1. The van der Waals surface area contributed by atoms with Crippen molar-refractivity contribution in [1.82, 2.24) is 9.88 Å². The summed E-state index contributed by atoms with van der Waals surface area (Å²) < 4.78 is 0. The van der Waals surface area contributed by atoms with E-state index in [1.54, 1.807) is 36.5 Å². The molecule has 1 N–H and O–H groups in total. The largest absolute Gasteiger partial charge is 0.361 e. The highest BCUT2D eigenvalue weighted by molar-refractivity contribution is 6.21. The Morgan fingerprint density at radius 2 is 1.72 bits per heavy atom. The first-order valence-electron chi connectivity index (χ1n) is 7.76. The van der Waals surface area contributed by atoms with E-state index in [9.17, 15) is 19.7 Å². The van der Waals surface area contributed by atoms with Crippen LogP contribution >= 0.6 is 0 Å². The van der Waals surface area contributed by atoms with E-state index < -0.39 is 4.92 Å². The molecule has 0 fully saturated rings. The van der Waals surface area contributed by atoms with Crippen LogP contribution in [0, 0.1) is 10.1 Å². The summed E-state index contributed by atoms with van der Waals surface area (Å²) in [4.78, 5) is 39.6. The lowest BCUT2D eigenvalue weighted by molar-refractivity contribution is -0.384. The van der Waals surface area contributed by atoms with Crippen LogP contribution in [-0.2, 0) is 6.42 Å². The third-order valence-corrected chi connectivity index (χ3v) is 4.44. The molecule has 1 aromatic heterocycles. The van der Waals surface area contributed by atoms with E-state index in [-0.39, 0.29) is 24.0 Å². The zero-order chi connectivity index (χ0) is 17.6. The van der Waals surface area contributed by atoms with Crippen LogP contribution in [0.15, 0.2) is 48.7 Å². The van der Waals surface area contributed by atoms with Crippen molar-refractivity contribution in [2.75, 3.05) is 6.54 Å². The highest BCUT2D eigenvalue weighted by Gasteiger charge is 2.34. The SMILES string of the molecule is O=C1c2ccccc2C(=O)N1CCc1c[nH]c2ccc([N+](=O)[O-])cc12. The van der Waals surface area contributed by atoms with E-state index in [1.165, 1.54) is 17.0 Å². The highest BCUT2D eigenvalue weighted by Crippen LogP contribution is 2.26. The van der Waals surface area contributed by atoms with Gasteiger partial charge in [0.25, 0.3) is 17.5 Å². The summed E-state index contributed by atoms with van der Waals surface area (Å²) in [5.41, 5.74) is 2.46. The second kappa shape index (κ2) is 5.55. The molecule has 0 unspecified atom stereocenters. The Hall–Kier alpha value is -3.48. The van der Waals surface area contributed by atoms with Gasteiger partial charge in [0.05, 0.1) is 16.1 Å². The van der Waals surface area contributed by atoms with Gasteiger partial charge >= 0.3 is 0 Å². The molecule has 7 heteroatoms. The number of benzene rings is 2. The maximum Gasteiger partial charge on any atom is 0.270 e. The summed E-state index contributed by atoms with van der Waals surface area (Å²) in [7, 11) is 0. The van der Waals surface area contributed by atoms with Gasteiger partial charge in [-0.05, 0) is 30.2 Å². The van der Waals surface area contributed by atoms with E-state index in [0.717, 1.165) is 16.5 Å². The van der Waals surface area contributed by atoms with Gasteiger partial charge < -0.3 is 4.98 Å². The number of hydrogen-bond donors (Lipinski definition) is 1. The minimum Gasteiger partial charge on any atom is -0.361 e. The standard InChI is InChI=1S/C18H13N3O4/c22-17-13-3-1-2-4-14(13)18(23)20(17)8-7-11-10-19-16-6-5-12(21(24)25)9-15(11)16/h1-6,9-10,19H,7-8H2. The summed E-state index contributed by atoms with van der Waals surface area (Å²) in [6, 6.07) is 11.3. The minimum absolute atomic E-state index is 0.00841. The van der Waals surface area contributed by atoms with Crippen LogP contribution in [0.5, 0.6) is 0 Å². The lowest BCUT2D eigenvalue weighted by atomic mass is 10.1. The molecule has 0 atom stereocenters. The van der Waals surface area contributed by atoms with E-state index in [0.29, 0.717) is 17.5 Å². The number of aromatic nitrogens is 1. The monoisotopic (exact) mass is 335 g/mol. The molecule has 0 bridgehead atoms. The van der Waals surface area contributed by atoms with E-state index in [4.69, 9.17) is 0 Å². The van der Waals surface area contributed by atoms with Crippen LogP contribution in [0.4, 0.5) is 5.69 Å². The number of H-pyrrole nitrogens is 1. The fourth-order valence-corrected chi connectivity index (χ4v) is 3.16. The van der Waals surface area contributed by atoms with Crippen molar-refractivity contribution in [3.05, 3.63) is 75.5 Å². The van der Waals surface area contributed by atoms with Gasteiger partial charge in [-0.25, -0.2) is 0 Å². The van der Waals surface area contributed by atoms with Gasteiger partial charge in [-0.1, -0.05) is 12.1 Å². The molecule has 4 rings (SSSR count). The van der Waals surface area contributed by atoms with Crippen molar-refractivity contribution in [3.63, 3.8) is 0 Å². The zero-order valence-electron chi connectivity index (χ0n) is 13.1. The molecular weight excluding hydrogens is 322 g/mol. The number of carbonyl (C=O) groups excluding carboxylic acids is 2. The lowest BCUT2D eigenvalue weighted by Crippen LogP contribution is -2.31. The molecule has 25 heavy (non-hydrogen) atoms. The summed E-state index contributed by atoms with van der Waals surface area (Å²) in [5, 5.41) is 11.7. The molecule has 0 saturated carbocycles. The fraction of sp³-hybridized carbons (Fsp3) is 0.111. The number of nitro groups is 1. The molecule has 0 radical (unpaired) electrons. The van der Waals surface area contributed by atoms with E-state index in [1.807, 2.05) is 0 Å². The smallest absolute Gasteiger partial charge is 0.270 e. The number of nitrogens with zero attached hydrogens (tertiary/aromatic N) is 2. The normalized spacial score (nSPS) is 13.5. The highest BCUT2D eigenvalue weighted by atomic mass is 16.6. The average molecular weight is 335 g/mol. The van der Waals surface area contributed by atoms with Crippen molar-refractivity contribution in [2.45, 2.75) is 6.42 Å². The van der Waals surface area contributed by atoms with Crippen molar-refractivity contribution < 1.29 is 14.5 Å². The number of non-ortho nitro benzene ring substituents is 1. The van der Waals surface area contributed by atoms with E-state index >= 15 is 0 Å². The molecule has 1 aliphatic heterocycles. The second-order valence-corrected chi connectivity index (χ2v) is 5.86. The van der Waals surface area contributed by atoms with Gasteiger partial charge in [0, 0.05) is 35.8 Å². The third kappa shape index (κ3) is 2.37. The molecule has 0 aliphatic carbocycles. The van der Waals surface area contributed by atoms with Gasteiger partial charge in [-0.15, -0.1) is 0 Å². The first-order valence-corrected chi connectivity index (χ1v) is 7.76. The predicted octanol–water partition coefficient (Wildman–Crippen LogP) is 2.91. The summed E-state index contributed by atoms with van der Waals surface area (Å²) >= 11 is 0. The maximum absolute atomic E-state index is 12.4. The van der Waals surface area contributed by atoms with Crippen LogP contribution in [0.3, 0.4) is 0 Å². The Balaban J connectivity index is 1.59. The van der Waals surface area contributed by atoms with Gasteiger partial charge in [0.1, 0.15) is 0 Å². The van der Waals surface area contributed by atoms with Crippen molar-refractivity contribution >= 4 is 28.4 Å². The van der Waals surface area contributed by atoms with Crippen LogP contribution in [0.2, 0.25) is 0 Å². The fourth-order valence-electron chi connectivity index (χ4n) is 3.16. The Labute approximate surface area is 142 Å². The summed E-state index contributed by atoms with van der Waals surface area (Å²) in [6.45, 7) is 0.224. The quantitative estimate of drug-likeness (QED) is 0.450. The number of amides is 2. The number of rotatable bonds is 4. The first-order chi connectivity index (χ1) is 12.1. The minimum atomic E-state index is -0.444. The van der Waals surface area contributed by atoms with Gasteiger partial charge in [-0.3, -0.25) is 24.6 Å². The van der Waals surface area contributed by atoms with Gasteiger partial charge in [0.15, 0.2) is 0 Å². The molecule has 0 spiro atoms. The topological polar surface area (TPSA) is 96.3 Å². The van der Waals surface area contributed by atoms with Crippen molar-refractivity contribution in [2.24, 2.45) is 0 Å². The molecule has 1 aliphatic rings. The van der Waals surface area contributed by atoms with Crippen LogP contribution in [0.1, 0.15) is 26.3 Å². The molecule has 2 heterocycles. The van der Waals surface area contributed by atoms with Gasteiger partial charge in [0.2, 0.25) is 0 Å². The Bertz CT molecular complexity index is 1000. The molecule has 0 saturated heterocycles. The van der Waals surface area contributed by atoms with Crippen molar-refractivity contribution in [3.8, 4) is 0 Å². The number of imide groups is 1. The molecule has 7 nitrogen and oxygen atoms in total. The molecular formula is C18H13N3O4. The van der Waals surface area contributed by atoms with Gasteiger partial charge in [-0.2, -0.15) is 0 Å². The summed E-state index contributed by atoms with van der Waals surface area (Å²) in [5.74, 6) is -0.599. The van der Waals surface area contributed by atoms with Crippen molar-refractivity contribution in [1.29, 1.82) is 0 Å². The number of nitro benzene ring substituents is 1. The average Bonchev–Trinajstić information content (AvgIpc) is 3.13. The Kier molecular flexibility index (Phi) is 3.35. The molecule has 124 valence electrons. The lowest BCUT2D eigenvalue weighted by Gasteiger charge is -2.13. The number of nitrogens with one attached hydrogen (secondary N) is 1. The van der Waals surface area contributed by atoms with Crippen LogP contribution in [-0.4, -0.2) is 33.2 Å².